The molecule has 0 spiro atoms. The Morgan fingerprint density at radius 2 is 1.19 bits per heavy atom. The van der Waals surface area contributed by atoms with Gasteiger partial charge in [0.05, 0.1) is 0 Å². The number of amides is 1. The Bertz CT molecular complexity index is 547. The fraction of sp³-hybridized carbons (Fsp3) is 0.357. The number of halogens is 6. The van der Waals surface area contributed by atoms with Gasteiger partial charge >= 0.3 is 24.3 Å². The molecule has 0 unspecified atom stereocenters. The van der Waals surface area contributed by atoms with Gasteiger partial charge in [0.2, 0.25) is 5.91 Å². The number of benzene rings is 1. The van der Waals surface area contributed by atoms with E-state index in [2.05, 4.69) is 12.1 Å². The average Bonchev–Trinajstić information content (AvgIpc) is 2.47. The SMILES string of the molecule is NC(=O)CCCc1ccccc1.O=C(O)C(F)(F)F.O=C(O)C(F)(F)F. The molecule has 148 valence electrons. The predicted molar refractivity (Wildman–Crippen MR) is 76.0 cm³/mol. The first-order chi connectivity index (χ1) is 11.7. The molecule has 0 radical (unpaired) electrons. The van der Waals surface area contributed by atoms with Gasteiger partial charge in [-0.25, -0.2) is 9.59 Å². The summed E-state index contributed by atoms with van der Waals surface area (Å²) in [5.74, 6) is -5.73. The molecule has 0 aliphatic carbocycles. The van der Waals surface area contributed by atoms with Crippen molar-refractivity contribution in [1.82, 2.24) is 0 Å². The molecule has 1 rings (SSSR count). The predicted octanol–water partition coefficient (Wildman–Crippen LogP) is 2.76. The van der Waals surface area contributed by atoms with Crippen LogP contribution < -0.4 is 5.73 Å². The molecular formula is C14H15F6NO5. The summed E-state index contributed by atoms with van der Waals surface area (Å²) in [6, 6.07) is 10.1. The third-order valence-electron chi connectivity index (χ3n) is 2.22. The smallest absolute Gasteiger partial charge is 0.475 e. The molecule has 26 heavy (non-hydrogen) atoms. The van der Waals surface area contributed by atoms with Crippen LogP contribution in [0.1, 0.15) is 18.4 Å². The van der Waals surface area contributed by atoms with Crippen LogP contribution in [0, 0.1) is 0 Å². The maximum atomic E-state index is 10.6. The van der Waals surface area contributed by atoms with Crippen molar-refractivity contribution in [2.75, 3.05) is 0 Å². The number of primary amides is 1. The molecule has 1 aromatic rings. The summed E-state index contributed by atoms with van der Waals surface area (Å²) < 4.78 is 63.5. The van der Waals surface area contributed by atoms with Crippen LogP contribution in [0.5, 0.6) is 0 Å². The van der Waals surface area contributed by atoms with Crippen LogP contribution in [0.25, 0.3) is 0 Å². The van der Waals surface area contributed by atoms with Gasteiger partial charge in [-0.05, 0) is 18.4 Å². The fourth-order valence-corrected chi connectivity index (χ4v) is 1.11. The summed E-state index contributed by atoms with van der Waals surface area (Å²) in [6.07, 6.45) is -7.90. The van der Waals surface area contributed by atoms with Crippen LogP contribution in [-0.4, -0.2) is 40.4 Å². The lowest BCUT2D eigenvalue weighted by atomic mass is 10.1. The minimum atomic E-state index is -5.08. The second-order valence-corrected chi connectivity index (χ2v) is 4.41. The molecule has 0 heterocycles. The largest absolute Gasteiger partial charge is 0.490 e. The standard InChI is InChI=1S/C10H13NO.2C2HF3O2/c11-10(12)8-4-7-9-5-2-1-3-6-9;2*3-2(4,5)1(6)7/h1-3,5-6H,4,7-8H2,(H2,11,12);2*(H,6,7). The zero-order valence-electron chi connectivity index (χ0n) is 13.0. The third kappa shape index (κ3) is 16.1. The van der Waals surface area contributed by atoms with Gasteiger partial charge in [0.15, 0.2) is 0 Å². The summed E-state index contributed by atoms with van der Waals surface area (Å²) >= 11 is 0. The number of carboxylic acid groups (broad SMARTS) is 2. The lowest BCUT2D eigenvalue weighted by molar-refractivity contribution is -0.193. The monoisotopic (exact) mass is 391 g/mol. The Morgan fingerprint density at radius 1 is 0.846 bits per heavy atom. The first-order valence-electron chi connectivity index (χ1n) is 6.60. The van der Waals surface area contributed by atoms with Gasteiger partial charge in [0.1, 0.15) is 0 Å². The number of alkyl halides is 6. The van der Waals surface area contributed by atoms with Crippen molar-refractivity contribution in [3.05, 3.63) is 35.9 Å². The van der Waals surface area contributed by atoms with Gasteiger partial charge in [-0.15, -0.1) is 0 Å². The van der Waals surface area contributed by atoms with E-state index in [0.29, 0.717) is 6.42 Å². The average molecular weight is 391 g/mol. The molecule has 0 fully saturated rings. The number of carbonyl (C=O) groups is 3. The lowest BCUT2D eigenvalue weighted by Crippen LogP contribution is -2.21. The molecule has 0 aromatic heterocycles. The summed E-state index contributed by atoms with van der Waals surface area (Å²) in [6.45, 7) is 0. The summed E-state index contributed by atoms with van der Waals surface area (Å²) in [5.41, 5.74) is 6.28. The number of hydrogen-bond donors (Lipinski definition) is 3. The molecule has 4 N–H and O–H groups in total. The van der Waals surface area contributed by atoms with Gasteiger partial charge in [0, 0.05) is 6.42 Å². The van der Waals surface area contributed by atoms with Gasteiger partial charge in [0.25, 0.3) is 0 Å². The number of carboxylic acids is 2. The second-order valence-electron chi connectivity index (χ2n) is 4.41. The zero-order chi connectivity index (χ0) is 21.0. The van der Waals surface area contributed by atoms with E-state index in [4.69, 9.17) is 25.5 Å². The first-order valence-corrected chi connectivity index (χ1v) is 6.60. The summed E-state index contributed by atoms with van der Waals surface area (Å²) in [5, 5.41) is 14.2. The summed E-state index contributed by atoms with van der Waals surface area (Å²) in [7, 11) is 0. The van der Waals surface area contributed by atoms with Gasteiger partial charge < -0.3 is 15.9 Å². The quantitative estimate of drug-likeness (QED) is 0.683. The number of nitrogens with two attached hydrogens (primary N) is 1. The van der Waals surface area contributed by atoms with Crippen molar-refractivity contribution in [3.8, 4) is 0 Å². The Hall–Kier alpha value is -2.79. The van der Waals surface area contributed by atoms with Gasteiger partial charge in [-0.2, -0.15) is 26.3 Å². The Kier molecular flexibility index (Phi) is 11.5. The normalized spacial score (nSPS) is 10.5. The maximum absolute atomic E-state index is 10.6. The molecule has 0 saturated carbocycles. The Balaban J connectivity index is 0. The first kappa shape index (κ1) is 25.5. The zero-order valence-corrected chi connectivity index (χ0v) is 13.0. The van der Waals surface area contributed by atoms with E-state index < -0.39 is 24.3 Å². The molecule has 0 bridgehead atoms. The third-order valence-corrected chi connectivity index (χ3v) is 2.22. The molecule has 1 aromatic carbocycles. The van der Waals surface area contributed by atoms with Crippen LogP contribution in [0.4, 0.5) is 26.3 Å². The maximum Gasteiger partial charge on any atom is 0.490 e. The van der Waals surface area contributed by atoms with Crippen LogP contribution in [0.15, 0.2) is 30.3 Å². The highest BCUT2D eigenvalue weighted by Crippen LogP contribution is 2.13. The van der Waals surface area contributed by atoms with Gasteiger partial charge in [-0.1, -0.05) is 30.3 Å². The number of carbonyl (C=O) groups excluding carboxylic acids is 1. The van der Waals surface area contributed by atoms with Crippen molar-refractivity contribution in [2.45, 2.75) is 31.6 Å². The summed E-state index contributed by atoms with van der Waals surface area (Å²) in [4.78, 5) is 28.2. The van der Waals surface area contributed by atoms with E-state index in [9.17, 15) is 31.1 Å². The van der Waals surface area contributed by atoms with Crippen LogP contribution in [0.3, 0.4) is 0 Å². The number of aryl methyl sites for hydroxylation is 1. The second kappa shape index (κ2) is 11.7. The van der Waals surface area contributed by atoms with Crippen molar-refractivity contribution in [2.24, 2.45) is 5.73 Å². The molecule has 0 atom stereocenters. The number of aliphatic carboxylic acids is 2. The van der Waals surface area contributed by atoms with E-state index in [-0.39, 0.29) is 5.91 Å². The van der Waals surface area contributed by atoms with Crippen molar-refractivity contribution in [1.29, 1.82) is 0 Å². The Labute approximate surface area is 143 Å². The minimum absolute atomic E-state index is 0.217. The lowest BCUT2D eigenvalue weighted by Gasteiger charge is -1.97. The topological polar surface area (TPSA) is 118 Å². The van der Waals surface area contributed by atoms with E-state index in [1.807, 2.05) is 18.2 Å². The molecule has 6 nitrogen and oxygen atoms in total. The molecule has 0 saturated heterocycles. The van der Waals surface area contributed by atoms with E-state index in [0.717, 1.165) is 12.8 Å². The number of hydrogen-bond acceptors (Lipinski definition) is 3. The van der Waals surface area contributed by atoms with Gasteiger partial charge in [-0.3, -0.25) is 4.79 Å². The van der Waals surface area contributed by atoms with Crippen molar-refractivity contribution >= 4 is 17.8 Å². The molecular weight excluding hydrogens is 376 g/mol. The van der Waals surface area contributed by atoms with E-state index in [1.165, 1.54) is 5.56 Å². The van der Waals surface area contributed by atoms with Crippen LogP contribution in [0.2, 0.25) is 0 Å². The van der Waals surface area contributed by atoms with Crippen molar-refractivity contribution in [3.63, 3.8) is 0 Å². The minimum Gasteiger partial charge on any atom is -0.475 e. The highest BCUT2D eigenvalue weighted by atomic mass is 19.4. The highest BCUT2D eigenvalue weighted by Gasteiger charge is 2.38. The van der Waals surface area contributed by atoms with Crippen LogP contribution in [-0.2, 0) is 20.8 Å². The number of rotatable bonds is 4. The van der Waals surface area contributed by atoms with Crippen molar-refractivity contribution < 1.29 is 50.9 Å². The van der Waals surface area contributed by atoms with Crippen LogP contribution >= 0.6 is 0 Å². The highest BCUT2D eigenvalue weighted by molar-refractivity contribution is 5.74. The molecule has 12 heteroatoms. The molecule has 1 amide bonds. The molecule has 0 aliphatic rings. The fourth-order valence-electron chi connectivity index (χ4n) is 1.11. The Morgan fingerprint density at radius 3 is 1.46 bits per heavy atom. The molecule has 0 aliphatic heterocycles. The van der Waals surface area contributed by atoms with E-state index >= 15 is 0 Å². The van der Waals surface area contributed by atoms with E-state index in [1.54, 1.807) is 0 Å².